The van der Waals surface area contributed by atoms with Gasteiger partial charge in [0.2, 0.25) is 0 Å². The molecule has 1 atom stereocenters. The van der Waals surface area contributed by atoms with E-state index in [9.17, 15) is 9.59 Å². The van der Waals surface area contributed by atoms with E-state index in [2.05, 4.69) is 29.7 Å². The molecule has 2 N–H and O–H groups in total. The van der Waals surface area contributed by atoms with E-state index in [4.69, 9.17) is 4.74 Å². The van der Waals surface area contributed by atoms with Gasteiger partial charge in [-0.25, -0.2) is 0 Å². The molecule has 0 saturated carbocycles. The van der Waals surface area contributed by atoms with Crippen LogP contribution in [0.4, 0.5) is 5.69 Å². The van der Waals surface area contributed by atoms with Crippen LogP contribution < -0.4 is 15.4 Å². The molecular weight excluding hydrogens is 388 g/mol. The Bertz CT molecular complexity index is 1080. The maximum atomic E-state index is 13.5. The lowest BCUT2D eigenvalue weighted by Crippen LogP contribution is -2.35. The summed E-state index contributed by atoms with van der Waals surface area (Å²) in [4.78, 5) is 26.5. The van der Waals surface area contributed by atoms with E-state index in [1.807, 2.05) is 43.3 Å². The molecular formula is C26H28N2O3. The first-order valence-corrected chi connectivity index (χ1v) is 10.8. The highest BCUT2D eigenvalue weighted by molar-refractivity contribution is 6.10. The number of carbonyl (C=O) groups excluding carboxylic acids is 2. The number of methoxy groups -OCH3 is 1. The number of anilines is 1. The van der Waals surface area contributed by atoms with E-state index < -0.39 is 0 Å². The lowest BCUT2D eigenvalue weighted by molar-refractivity contribution is -0.116. The molecule has 5 heteroatoms. The van der Waals surface area contributed by atoms with Crippen LogP contribution in [0, 0.1) is 0 Å². The minimum Gasteiger partial charge on any atom is -0.495 e. The van der Waals surface area contributed by atoms with Crippen LogP contribution in [0.5, 0.6) is 5.75 Å². The molecule has 0 fully saturated rings. The molecule has 0 aromatic heterocycles. The zero-order valence-electron chi connectivity index (χ0n) is 18.2. The monoisotopic (exact) mass is 416 g/mol. The van der Waals surface area contributed by atoms with E-state index in [-0.39, 0.29) is 17.6 Å². The number of ether oxygens (including phenoxy) is 1. The Hall–Kier alpha value is -3.34. The number of hydrogen-bond donors (Lipinski definition) is 2. The van der Waals surface area contributed by atoms with Crippen molar-refractivity contribution in [2.45, 2.75) is 45.4 Å². The van der Waals surface area contributed by atoms with Gasteiger partial charge < -0.3 is 15.4 Å². The van der Waals surface area contributed by atoms with Gasteiger partial charge in [0.25, 0.3) is 5.91 Å². The van der Waals surface area contributed by atoms with Crippen molar-refractivity contribution >= 4 is 17.4 Å². The lowest BCUT2D eigenvalue weighted by Gasteiger charge is -2.34. The highest BCUT2D eigenvalue weighted by Gasteiger charge is 2.38. The van der Waals surface area contributed by atoms with Crippen LogP contribution in [0.25, 0.3) is 0 Å². The quantitative estimate of drug-likeness (QED) is 0.730. The zero-order chi connectivity index (χ0) is 22.0. The average molecular weight is 417 g/mol. The lowest BCUT2D eigenvalue weighted by atomic mass is 9.75. The number of Topliss-reactive ketones (excluding diaryl/α,β-unsaturated/α-hetero) is 1. The summed E-state index contributed by atoms with van der Waals surface area (Å²) in [5, 5.41) is 6.36. The van der Waals surface area contributed by atoms with Crippen molar-refractivity contribution in [3.05, 3.63) is 82.2 Å². The van der Waals surface area contributed by atoms with E-state index in [0.717, 1.165) is 41.8 Å². The van der Waals surface area contributed by atoms with Gasteiger partial charge in [0, 0.05) is 34.9 Å². The Morgan fingerprint density at radius 3 is 2.58 bits per heavy atom. The SMILES string of the molecule is CCc1ccc([C@H]2C(C(=O)Nc3ccccc3OC)=C(C)NC3=C2C(=O)CCC3)cc1. The molecule has 0 unspecified atom stereocenters. The highest BCUT2D eigenvalue weighted by Crippen LogP contribution is 2.42. The third kappa shape index (κ3) is 4.00. The number of dihydropyridines is 1. The second-order valence-electron chi connectivity index (χ2n) is 8.02. The van der Waals surface area contributed by atoms with Gasteiger partial charge in [-0.05, 0) is 49.4 Å². The molecule has 31 heavy (non-hydrogen) atoms. The van der Waals surface area contributed by atoms with Gasteiger partial charge in [0.05, 0.1) is 12.8 Å². The molecule has 1 aliphatic carbocycles. The number of rotatable bonds is 5. The minimum atomic E-state index is -0.385. The summed E-state index contributed by atoms with van der Waals surface area (Å²) in [6.45, 7) is 4.02. The van der Waals surface area contributed by atoms with E-state index >= 15 is 0 Å². The fraction of sp³-hybridized carbons (Fsp3) is 0.308. The summed E-state index contributed by atoms with van der Waals surface area (Å²) in [5.74, 6) is 0.0948. The number of aryl methyl sites for hydroxylation is 1. The molecule has 0 radical (unpaired) electrons. The molecule has 5 nitrogen and oxygen atoms in total. The summed E-state index contributed by atoms with van der Waals surface area (Å²) >= 11 is 0. The van der Waals surface area contributed by atoms with E-state index in [1.54, 1.807) is 7.11 Å². The molecule has 2 aromatic rings. The molecule has 0 bridgehead atoms. The Kier molecular flexibility index (Phi) is 5.94. The van der Waals surface area contributed by atoms with E-state index in [0.29, 0.717) is 23.4 Å². The number of carbonyl (C=O) groups is 2. The first-order valence-electron chi connectivity index (χ1n) is 10.8. The average Bonchev–Trinajstić information content (AvgIpc) is 2.78. The molecule has 2 aromatic carbocycles. The standard InChI is InChI=1S/C26H28N2O3/c1-4-17-12-14-18(15-13-17)24-23(16(2)27-20-9-7-10-21(29)25(20)24)26(30)28-19-8-5-6-11-22(19)31-3/h5-6,8,11-15,24,27H,4,7,9-10H2,1-3H3,(H,28,30)/t24-/m0/s1. The van der Waals surface area contributed by atoms with Gasteiger partial charge in [0.1, 0.15) is 5.75 Å². The number of amides is 1. The summed E-state index contributed by atoms with van der Waals surface area (Å²) in [6, 6.07) is 15.6. The van der Waals surface area contributed by atoms with Crippen LogP contribution in [0.2, 0.25) is 0 Å². The largest absolute Gasteiger partial charge is 0.495 e. The van der Waals surface area contributed by atoms with Crippen molar-refractivity contribution in [1.82, 2.24) is 5.32 Å². The van der Waals surface area contributed by atoms with Gasteiger partial charge in [-0.15, -0.1) is 0 Å². The third-order valence-electron chi connectivity index (χ3n) is 6.10. The Morgan fingerprint density at radius 2 is 1.87 bits per heavy atom. The Balaban J connectivity index is 1.78. The third-order valence-corrected chi connectivity index (χ3v) is 6.10. The van der Waals surface area contributed by atoms with Gasteiger partial charge in [-0.3, -0.25) is 9.59 Å². The van der Waals surface area contributed by atoms with Crippen LogP contribution in [0.3, 0.4) is 0 Å². The normalized spacial score (nSPS) is 18.4. The summed E-state index contributed by atoms with van der Waals surface area (Å²) in [6.07, 6.45) is 3.12. The maximum Gasteiger partial charge on any atom is 0.254 e. The van der Waals surface area contributed by atoms with Crippen LogP contribution in [0.15, 0.2) is 71.1 Å². The topological polar surface area (TPSA) is 67.4 Å². The van der Waals surface area contributed by atoms with Crippen LogP contribution in [-0.2, 0) is 16.0 Å². The first-order chi connectivity index (χ1) is 15.0. The van der Waals surface area contributed by atoms with Crippen LogP contribution in [-0.4, -0.2) is 18.8 Å². The summed E-state index contributed by atoms with van der Waals surface area (Å²) in [5.41, 5.74) is 5.83. The zero-order valence-corrected chi connectivity index (χ0v) is 18.2. The summed E-state index contributed by atoms with van der Waals surface area (Å²) < 4.78 is 5.39. The Morgan fingerprint density at radius 1 is 1.13 bits per heavy atom. The molecule has 160 valence electrons. The van der Waals surface area contributed by atoms with E-state index in [1.165, 1.54) is 5.56 Å². The number of allylic oxidation sites excluding steroid dienone is 3. The second kappa shape index (κ2) is 8.80. The van der Waals surface area contributed by atoms with Gasteiger partial charge in [-0.2, -0.15) is 0 Å². The van der Waals surface area contributed by atoms with Gasteiger partial charge in [0.15, 0.2) is 5.78 Å². The van der Waals surface area contributed by atoms with Crippen molar-refractivity contribution in [3.8, 4) is 5.75 Å². The van der Waals surface area contributed by atoms with Crippen molar-refractivity contribution in [2.24, 2.45) is 0 Å². The van der Waals surface area contributed by atoms with Crippen LogP contribution >= 0.6 is 0 Å². The molecule has 0 saturated heterocycles. The number of hydrogen-bond acceptors (Lipinski definition) is 4. The molecule has 4 rings (SSSR count). The van der Waals surface area contributed by atoms with Crippen LogP contribution in [0.1, 0.15) is 50.2 Å². The second-order valence-corrected chi connectivity index (χ2v) is 8.02. The molecule has 1 aliphatic heterocycles. The van der Waals surface area contributed by atoms with Crippen molar-refractivity contribution in [3.63, 3.8) is 0 Å². The minimum absolute atomic E-state index is 0.119. The fourth-order valence-electron chi connectivity index (χ4n) is 4.50. The summed E-state index contributed by atoms with van der Waals surface area (Å²) in [7, 11) is 1.58. The Labute approximate surface area is 183 Å². The van der Waals surface area contributed by atoms with Crippen molar-refractivity contribution in [2.75, 3.05) is 12.4 Å². The van der Waals surface area contributed by atoms with Gasteiger partial charge in [-0.1, -0.05) is 43.3 Å². The number of nitrogens with one attached hydrogen (secondary N) is 2. The predicted molar refractivity (Wildman–Crippen MR) is 122 cm³/mol. The molecule has 2 aliphatic rings. The molecule has 1 amide bonds. The van der Waals surface area contributed by atoms with Crippen molar-refractivity contribution in [1.29, 1.82) is 0 Å². The molecule has 0 spiro atoms. The smallest absolute Gasteiger partial charge is 0.254 e. The first kappa shape index (κ1) is 20.9. The predicted octanol–water partition coefficient (Wildman–Crippen LogP) is 4.86. The highest BCUT2D eigenvalue weighted by atomic mass is 16.5. The maximum absolute atomic E-state index is 13.5. The fourth-order valence-corrected chi connectivity index (χ4v) is 4.50. The number of benzene rings is 2. The number of para-hydroxylation sites is 2. The molecule has 1 heterocycles. The number of ketones is 1. The van der Waals surface area contributed by atoms with Crippen molar-refractivity contribution < 1.29 is 14.3 Å². The van der Waals surface area contributed by atoms with Gasteiger partial charge >= 0.3 is 0 Å².